The van der Waals surface area contributed by atoms with Crippen molar-refractivity contribution in [1.29, 1.82) is 0 Å². The summed E-state index contributed by atoms with van der Waals surface area (Å²) >= 11 is 0. The van der Waals surface area contributed by atoms with Crippen molar-refractivity contribution in [1.82, 2.24) is 0 Å². The molecule has 1 aliphatic heterocycles. The number of nitrogens with zero attached hydrogens (tertiary/aromatic N) is 1. The average Bonchev–Trinajstić information content (AvgIpc) is 2.18. The highest BCUT2D eigenvalue weighted by atomic mass is 16.1. The number of amides is 1. The molecule has 0 N–H and O–H groups in total. The lowest BCUT2D eigenvalue weighted by atomic mass is 9.88. The van der Waals surface area contributed by atoms with E-state index in [4.69, 9.17) is 0 Å². The molecule has 2 rings (SSSR count). The molecule has 0 radical (unpaired) electrons. The Hall–Kier alpha value is -1.31. The first-order valence-corrected chi connectivity index (χ1v) is 5.06. The van der Waals surface area contributed by atoms with Crippen molar-refractivity contribution in [3.8, 4) is 0 Å². The van der Waals surface area contributed by atoms with E-state index in [2.05, 4.69) is 19.9 Å². The van der Waals surface area contributed by atoms with Crippen LogP contribution < -0.4 is 4.90 Å². The highest BCUT2D eigenvalue weighted by Gasteiger charge is 2.26. The number of hydrogen-bond donors (Lipinski definition) is 0. The highest BCUT2D eigenvalue weighted by Crippen LogP contribution is 2.36. The fraction of sp³-hybridized carbons (Fsp3) is 0.417. The number of fused-ring (bicyclic) bond motifs is 1. The molecule has 0 saturated carbocycles. The Kier molecular flexibility index (Phi) is 2.28. The van der Waals surface area contributed by atoms with Crippen LogP contribution in [0, 0.1) is 0 Å². The zero-order chi connectivity index (χ0) is 10.1. The number of carbonyl (C=O) groups is 1. The van der Waals surface area contributed by atoms with Crippen LogP contribution in [-0.4, -0.2) is 12.5 Å². The predicted octanol–water partition coefficient (Wildman–Crippen LogP) is 2.55. The molecular weight excluding hydrogens is 174 g/mol. The van der Waals surface area contributed by atoms with Crippen LogP contribution in [0.1, 0.15) is 31.7 Å². The van der Waals surface area contributed by atoms with Gasteiger partial charge >= 0.3 is 0 Å². The average molecular weight is 189 g/mol. The van der Waals surface area contributed by atoms with Crippen molar-refractivity contribution < 1.29 is 4.79 Å². The van der Waals surface area contributed by atoms with E-state index in [-0.39, 0.29) is 0 Å². The van der Waals surface area contributed by atoms with Gasteiger partial charge in [-0.2, -0.15) is 0 Å². The van der Waals surface area contributed by atoms with Crippen LogP contribution in [0.2, 0.25) is 0 Å². The minimum Gasteiger partial charge on any atom is -0.312 e. The molecule has 0 saturated heterocycles. The van der Waals surface area contributed by atoms with Crippen molar-refractivity contribution in [3.05, 3.63) is 29.8 Å². The van der Waals surface area contributed by atoms with Crippen LogP contribution >= 0.6 is 0 Å². The van der Waals surface area contributed by atoms with E-state index in [0.29, 0.717) is 12.0 Å². The van der Waals surface area contributed by atoms with Gasteiger partial charge in [-0.1, -0.05) is 25.1 Å². The van der Waals surface area contributed by atoms with Gasteiger partial charge in [-0.3, -0.25) is 4.79 Å². The quantitative estimate of drug-likeness (QED) is 0.622. The van der Waals surface area contributed by atoms with E-state index < -0.39 is 0 Å². The lowest BCUT2D eigenvalue weighted by Crippen LogP contribution is -2.37. The van der Waals surface area contributed by atoms with E-state index >= 15 is 0 Å². The second-order valence-corrected chi connectivity index (χ2v) is 4.06. The molecule has 1 aliphatic rings. The van der Waals surface area contributed by atoms with E-state index in [1.54, 1.807) is 0 Å². The molecule has 0 bridgehead atoms. The van der Waals surface area contributed by atoms with Gasteiger partial charge in [0.05, 0.1) is 0 Å². The van der Waals surface area contributed by atoms with Gasteiger partial charge in [-0.25, -0.2) is 0 Å². The zero-order valence-electron chi connectivity index (χ0n) is 8.60. The van der Waals surface area contributed by atoms with Crippen LogP contribution in [0.3, 0.4) is 0 Å². The van der Waals surface area contributed by atoms with E-state index in [0.717, 1.165) is 18.5 Å². The zero-order valence-corrected chi connectivity index (χ0v) is 8.60. The maximum atomic E-state index is 11.0. The Balaban J connectivity index is 2.50. The van der Waals surface area contributed by atoms with Gasteiger partial charge in [0, 0.05) is 11.7 Å². The van der Waals surface area contributed by atoms with Crippen molar-refractivity contribution >= 4 is 12.1 Å². The summed E-state index contributed by atoms with van der Waals surface area (Å²) in [4.78, 5) is 12.8. The Morgan fingerprint density at radius 1 is 1.36 bits per heavy atom. The normalized spacial score (nSPS) is 25.7. The Morgan fingerprint density at radius 2 is 2.07 bits per heavy atom. The topological polar surface area (TPSA) is 20.3 Å². The van der Waals surface area contributed by atoms with Crippen LogP contribution in [0.15, 0.2) is 24.3 Å². The summed E-state index contributed by atoms with van der Waals surface area (Å²) < 4.78 is 0. The van der Waals surface area contributed by atoms with E-state index in [1.807, 2.05) is 23.1 Å². The molecule has 1 heterocycles. The summed E-state index contributed by atoms with van der Waals surface area (Å²) in [6.45, 7) is 4.32. The Bertz CT molecular complexity index is 348. The summed E-state index contributed by atoms with van der Waals surface area (Å²) in [5, 5.41) is 0. The molecule has 2 atom stereocenters. The van der Waals surface area contributed by atoms with E-state index in [9.17, 15) is 4.79 Å². The third-order valence-corrected chi connectivity index (χ3v) is 3.03. The predicted molar refractivity (Wildman–Crippen MR) is 57.5 cm³/mol. The minimum atomic E-state index is 0.317. The van der Waals surface area contributed by atoms with Crippen LogP contribution in [-0.2, 0) is 4.79 Å². The van der Waals surface area contributed by atoms with Crippen LogP contribution in [0.4, 0.5) is 5.69 Å². The van der Waals surface area contributed by atoms with Gasteiger partial charge in [0.2, 0.25) is 6.41 Å². The standard InChI is InChI=1S/C12H15NO/c1-9-7-10(2)13(8-14)12-6-4-3-5-11(9)12/h3-6,8-10H,7H2,1-2H3. The number of rotatable bonds is 1. The minimum absolute atomic E-state index is 0.317. The maximum Gasteiger partial charge on any atom is 0.214 e. The summed E-state index contributed by atoms with van der Waals surface area (Å²) in [5.74, 6) is 0.553. The molecule has 0 aliphatic carbocycles. The number of anilines is 1. The fourth-order valence-corrected chi connectivity index (χ4v) is 2.29. The van der Waals surface area contributed by atoms with Crippen molar-refractivity contribution in [3.63, 3.8) is 0 Å². The van der Waals surface area contributed by atoms with Crippen molar-refractivity contribution in [2.24, 2.45) is 0 Å². The number of para-hydroxylation sites is 1. The number of benzene rings is 1. The van der Waals surface area contributed by atoms with Gasteiger partial charge in [-0.15, -0.1) is 0 Å². The third-order valence-electron chi connectivity index (χ3n) is 3.03. The van der Waals surface area contributed by atoms with Gasteiger partial charge in [0.15, 0.2) is 0 Å². The molecule has 0 spiro atoms. The smallest absolute Gasteiger partial charge is 0.214 e. The molecule has 1 amide bonds. The molecule has 0 fully saturated rings. The first-order chi connectivity index (χ1) is 6.74. The van der Waals surface area contributed by atoms with Crippen LogP contribution in [0.5, 0.6) is 0 Å². The molecule has 0 aromatic heterocycles. The first-order valence-electron chi connectivity index (χ1n) is 5.06. The van der Waals surface area contributed by atoms with E-state index in [1.165, 1.54) is 5.56 Å². The SMILES string of the molecule is CC1CC(C)N(C=O)c2ccccc21. The molecule has 2 heteroatoms. The summed E-state index contributed by atoms with van der Waals surface area (Å²) in [7, 11) is 0. The van der Waals surface area contributed by atoms with Gasteiger partial charge in [0.1, 0.15) is 0 Å². The maximum absolute atomic E-state index is 11.0. The number of carbonyl (C=O) groups excluding carboxylic acids is 1. The molecular formula is C12H15NO. The molecule has 14 heavy (non-hydrogen) atoms. The third kappa shape index (κ3) is 1.31. The molecule has 74 valence electrons. The lowest BCUT2D eigenvalue weighted by molar-refractivity contribution is -0.107. The fourth-order valence-electron chi connectivity index (χ4n) is 2.29. The lowest BCUT2D eigenvalue weighted by Gasteiger charge is -2.35. The molecule has 2 unspecified atom stereocenters. The molecule has 1 aromatic rings. The van der Waals surface area contributed by atoms with Gasteiger partial charge < -0.3 is 4.90 Å². The second-order valence-electron chi connectivity index (χ2n) is 4.06. The van der Waals surface area contributed by atoms with Crippen LogP contribution in [0.25, 0.3) is 0 Å². The Labute approximate surface area is 84.5 Å². The number of hydrogen-bond acceptors (Lipinski definition) is 1. The van der Waals surface area contributed by atoms with Gasteiger partial charge in [0.25, 0.3) is 0 Å². The van der Waals surface area contributed by atoms with Crippen molar-refractivity contribution in [2.45, 2.75) is 32.2 Å². The Morgan fingerprint density at radius 3 is 2.79 bits per heavy atom. The molecule has 1 aromatic carbocycles. The highest BCUT2D eigenvalue weighted by molar-refractivity contribution is 5.79. The summed E-state index contributed by atoms with van der Waals surface area (Å²) in [6.07, 6.45) is 1.99. The molecule has 2 nitrogen and oxygen atoms in total. The van der Waals surface area contributed by atoms with Crippen molar-refractivity contribution in [2.75, 3.05) is 4.90 Å². The second kappa shape index (κ2) is 3.45. The summed E-state index contributed by atoms with van der Waals surface area (Å²) in [5.41, 5.74) is 2.37. The van der Waals surface area contributed by atoms with Gasteiger partial charge in [-0.05, 0) is 30.9 Å². The summed E-state index contributed by atoms with van der Waals surface area (Å²) in [6, 6.07) is 8.48. The first kappa shape index (κ1) is 9.25. The monoisotopic (exact) mass is 189 g/mol. The largest absolute Gasteiger partial charge is 0.312 e.